The molecule has 1 atom stereocenters. The van der Waals surface area contributed by atoms with Crippen LogP contribution in [-0.2, 0) is 4.87 Å². The van der Waals surface area contributed by atoms with E-state index >= 15 is 0 Å². The first-order chi connectivity index (χ1) is 13.4. The maximum atomic E-state index is 14.4. The molecule has 5 nitrogen and oxygen atoms in total. The quantitative estimate of drug-likeness (QED) is 0.821. The average Bonchev–Trinajstić information content (AvgIpc) is 3.08. The van der Waals surface area contributed by atoms with Crippen LogP contribution in [0.2, 0.25) is 0 Å². The van der Waals surface area contributed by atoms with Crippen molar-refractivity contribution in [2.45, 2.75) is 17.7 Å². The molecule has 0 spiro atoms. The molecule has 0 bridgehead atoms. The van der Waals surface area contributed by atoms with E-state index < -0.39 is 16.5 Å². The Hall–Kier alpha value is -2.45. The Labute approximate surface area is 167 Å². The highest BCUT2D eigenvalue weighted by Crippen LogP contribution is 2.50. The number of hydrazone groups is 1. The second-order valence-electron chi connectivity index (χ2n) is 6.66. The van der Waals surface area contributed by atoms with E-state index in [1.54, 1.807) is 14.1 Å². The molecule has 0 aliphatic carbocycles. The maximum absolute atomic E-state index is 14.4. The molecule has 0 aromatic heterocycles. The van der Waals surface area contributed by atoms with E-state index in [0.29, 0.717) is 19.4 Å². The van der Waals surface area contributed by atoms with Crippen LogP contribution in [0.15, 0.2) is 53.6 Å². The lowest BCUT2D eigenvalue weighted by Crippen LogP contribution is -2.46. The lowest BCUT2D eigenvalue weighted by Gasteiger charge is -2.37. The molecular weight excluding hydrogens is 382 g/mol. The fraction of sp³-hybridized carbons (Fsp3) is 0.300. The molecule has 0 saturated heterocycles. The third-order valence-corrected chi connectivity index (χ3v) is 5.91. The van der Waals surface area contributed by atoms with Gasteiger partial charge in [0.2, 0.25) is 0 Å². The van der Waals surface area contributed by atoms with Crippen LogP contribution in [0.1, 0.15) is 24.0 Å². The average molecular weight is 404 g/mol. The van der Waals surface area contributed by atoms with Gasteiger partial charge in [-0.2, -0.15) is 10.1 Å². The topological polar surface area (TPSA) is 61.9 Å². The molecule has 1 aliphatic rings. The molecule has 2 aromatic rings. The molecule has 2 aromatic carbocycles. The van der Waals surface area contributed by atoms with Crippen molar-refractivity contribution in [3.8, 4) is 0 Å². The largest absolute Gasteiger partial charge is 0.341 e. The van der Waals surface area contributed by atoms with E-state index in [-0.39, 0.29) is 16.6 Å². The molecule has 2 amide bonds. The van der Waals surface area contributed by atoms with Gasteiger partial charge in [0.25, 0.3) is 0 Å². The molecule has 0 radical (unpaired) electrons. The van der Waals surface area contributed by atoms with Crippen molar-refractivity contribution in [2.24, 2.45) is 10.8 Å². The van der Waals surface area contributed by atoms with Crippen LogP contribution in [-0.4, -0.2) is 41.6 Å². The molecule has 28 heavy (non-hydrogen) atoms. The Morgan fingerprint density at radius 2 is 1.93 bits per heavy atom. The summed E-state index contributed by atoms with van der Waals surface area (Å²) in [6, 6.07) is 12.3. The Morgan fingerprint density at radius 1 is 1.21 bits per heavy atom. The predicted octanol–water partition coefficient (Wildman–Crippen LogP) is 3.95. The van der Waals surface area contributed by atoms with Crippen LogP contribution in [0.3, 0.4) is 0 Å². The summed E-state index contributed by atoms with van der Waals surface area (Å²) in [6.45, 7) is 0.433. The number of nitrogens with zero attached hydrogens (tertiary/aromatic N) is 3. The van der Waals surface area contributed by atoms with Crippen molar-refractivity contribution in [3.05, 3.63) is 71.3 Å². The van der Waals surface area contributed by atoms with Gasteiger partial charge in [-0.05, 0) is 43.1 Å². The summed E-state index contributed by atoms with van der Waals surface area (Å²) in [4.78, 5) is 13.5. The number of rotatable bonds is 5. The number of carbonyl (C=O) groups excluding carboxylic acids is 1. The number of hydrogen-bond donors (Lipinski definition) is 1. The van der Waals surface area contributed by atoms with Crippen LogP contribution in [0.25, 0.3) is 0 Å². The molecule has 0 saturated carbocycles. The number of carbonyl (C=O) groups is 1. The van der Waals surface area contributed by atoms with Gasteiger partial charge in [-0.1, -0.05) is 42.1 Å². The normalized spacial score (nSPS) is 18.9. The molecular formula is C20H22F2N4OS. The predicted molar refractivity (Wildman–Crippen MR) is 108 cm³/mol. The second-order valence-corrected chi connectivity index (χ2v) is 7.93. The summed E-state index contributed by atoms with van der Waals surface area (Å²) < 4.78 is 28.2. The van der Waals surface area contributed by atoms with E-state index in [4.69, 9.17) is 5.73 Å². The monoisotopic (exact) mass is 404 g/mol. The molecule has 2 N–H and O–H groups in total. The number of halogens is 2. The van der Waals surface area contributed by atoms with E-state index in [9.17, 15) is 13.6 Å². The number of amides is 2. The van der Waals surface area contributed by atoms with Crippen molar-refractivity contribution in [3.63, 3.8) is 0 Å². The van der Waals surface area contributed by atoms with Gasteiger partial charge in [0.1, 0.15) is 21.5 Å². The summed E-state index contributed by atoms with van der Waals surface area (Å²) >= 11 is 1.25. The Morgan fingerprint density at radius 3 is 2.57 bits per heavy atom. The van der Waals surface area contributed by atoms with Crippen molar-refractivity contribution < 1.29 is 13.6 Å². The lowest BCUT2D eigenvalue weighted by atomic mass is 10.0. The van der Waals surface area contributed by atoms with Gasteiger partial charge in [0.05, 0.1) is 0 Å². The summed E-state index contributed by atoms with van der Waals surface area (Å²) in [6.07, 6.45) is 1.15. The third kappa shape index (κ3) is 3.74. The van der Waals surface area contributed by atoms with Crippen LogP contribution in [0.4, 0.5) is 13.6 Å². The minimum Gasteiger partial charge on any atom is -0.330 e. The van der Waals surface area contributed by atoms with E-state index in [1.807, 2.05) is 30.3 Å². The molecule has 3 rings (SSSR count). The van der Waals surface area contributed by atoms with Gasteiger partial charge < -0.3 is 10.6 Å². The van der Waals surface area contributed by atoms with Crippen LogP contribution in [0.5, 0.6) is 0 Å². The number of thioether (sulfide) groups is 1. The Kier molecular flexibility index (Phi) is 6.00. The van der Waals surface area contributed by atoms with Gasteiger partial charge in [-0.25, -0.2) is 13.6 Å². The van der Waals surface area contributed by atoms with Crippen molar-refractivity contribution in [2.75, 3.05) is 20.6 Å². The minimum absolute atomic E-state index is 0.0344. The highest BCUT2D eigenvalue weighted by Gasteiger charge is 2.49. The highest BCUT2D eigenvalue weighted by atomic mass is 32.2. The molecule has 1 aliphatic heterocycles. The second kappa shape index (κ2) is 8.28. The summed E-state index contributed by atoms with van der Waals surface area (Å²) in [5.74, 6) is -1.16. The first kappa shape index (κ1) is 20.3. The molecule has 0 fully saturated rings. The third-order valence-electron chi connectivity index (χ3n) is 4.47. The van der Waals surface area contributed by atoms with Crippen LogP contribution < -0.4 is 5.73 Å². The fourth-order valence-electron chi connectivity index (χ4n) is 3.07. The maximum Gasteiger partial charge on any atom is 0.341 e. The Bertz CT molecular complexity index is 891. The van der Waals surface area contributed by atoms with Crippen LogP contribution >= 0.6 is 11.8 Å². The minimum atomic E-state index is -0.893. The van der Waals surface area contributed by atoms with E-state index in [0.717, 1.165) is 23.8 Å². The van der Waals surface area contributed by atoms with Crippen molar-refractivity contribution >= 4 is 22.8 Å². The van der Waals surface area contributed by atoms with Gasteiger partial charge in [-0.15, -0.1) is 0 Å². The summed E-state index contributed by atoms with van der Waals surface area (Å²) in [5.41, 5.74) is 6.63. The molecule has 148 valence electrons. The smallest absolute Gasteiger partial charge is 0.330 e. The van der Waals surface area contributed by atoms with Gasteiger partial charge in [0, 0.05) is 19.7 Å². The highest BCUT2D eigenvalue weighted by molar-refractivity contribution is 8.15. The molecule has 1 unspecified atom stereocenters. The van der Waals surface area contributed by atoms with Crippen LogP contribution in [0, 0.1) is 11.6 Å². The Balaban J connectivity index is 2.15. The first-order valence-corrected chi connectivity index (χ1v) is 9.71. The number of nitrogens with two attached hydrogens (primary N) is 1. The molecule has 1 heterocycles. The zero-order chi connectivity index (χ0) is 20.3. The number of benzene rings is 2. The van der Waals surface area contributed by atoms with Gasteiger partial charge >= 0.3 is 6.03 Å². The number of hydrogen-bond acceptors (Lipinski definition) is 4. The van der Waals surface area contributed by atoms with Crippen molar-refractivity contribution in [1.29, 1.82) is 0 Å². The van der Waals surface area contributed by atoms with E-state index in [1.165, 1.54) is 21.7 Å². The zero-order valence-electron chi connectivity index (χ0n) is 15.7. The van der Waals surface area contributed by atoms with E-state index in [2.05, 4.69) is 5.10 Å². The SMILES string of the molecule is CN(C)C(=O)N1N=C(c2cc(F)ccc2F)SC1(CCCN)c1ccccc1. The fourth-order valence-corrected chi connectivity index (χ4v) is 4.49. The van der Waals surface area contributed by atoms with Gasteiger partial charge in [-0.3, -0.25) is 0 Å². The lowest BCUT2D eigenvalue weighted by molar-refractivity contribution is 0.138. The summed E-state index contributed by atoms with van der Waals surface area (Å²) in [7, 11) is 3.25. The van der Waals surface area contributed by atoms with Gasteiger partial charge in [0.15, 0.2) is 0 Å². The zero-order valence-corrected chi connectivity index (χ0v) is 16.5. The summed E-state index contributed by atoms with van der Waals surface area (Å²) in [5, 5.41) is 6.06. The van der Waals surface area contributed by atoms with Crippen molar-refractivity contribution in [1.82, 2.24) is 9.91 Å². The number of urea groups is 1. The first-order valence-electron chi connectivity index (χ1n) is 8.89. The standard InChI is InChI=1S/C20H22F2N4OS/c1-25(2)19(27)26-20(11-6-12-23,14-7-4-3-5-8-14)28-18(24-26)16-13-15(21)9-10-17(16)22/h3-5,7-10,13H,6,11-12,23H2,1-2H3. The molecule has 8 heteroatoms.